The van der Waals surface area contributed by atoms with Crippen LogP contribution in [0.25, 0.3) is 0 Å². The van der Waals surface area contributed by atoms with Crippen molar-refractivity contribution >= 4 is 11.6 Å². The van der Waals surface area contributed by atoms with Crippen LogP contribution in [0.2, 0.25) is 0 Å². The average molecular weight is 238 g/mol. The van der Waals surface area contributed by atoms with Crippen LogP contribution in [-0.4, -0.2) is 29.9 Å². The van der Waals surface area contributed by atoms with E-state index in [4.69, 9.17) is 11.6 Å². The third kappa shape index (κ3) is 2.41. The highest BCUT2D eigenvalue weighted by Gasteiger charge is 2.27. The van der Waals surface area contributed by atoms with Gasteiger partial charge in [0.15, 0.2) is 0 Å². The molecule has 1 aliphatic carbocycles. The molecule has 0 saturated carbocycles. The quantitative estimate of drug-likeness (QED) is 0.711. The molecule has 0 saturated heterocycles. The summed E-state index contributed by atoms with van der Waals surface area (Å²) in [6, 6.07) is 9.38. The predicted octanol–water partition coefficient (Wildman–Crippen LogP) is 3.28. The molecular formula is C14H20ClN. The second-order valence-corrected chi connectivity index (χ2v) is 5.26. The minimum absolute atomic E-state index is 0.589. The van der Waals surface area contributed by atoms with Gasteiger partial charge in [-0.2, -0.15) is 0 Å². The maximum absolute atomic E-state index is 5.84. The zero-order valence-electron chi connectivity index (χ0n) is 10.1. The number of fused-ring (bicyclic) bond motifs is 1. The second kappa shape index (κ2) is 5.20. The summed E-state index contributed by atoms with van der Waals surface area (Å²) in [6.45, 7) is 6.65. The Morgan fingerprint density at radius 3 is 2.75 bits per heavy atom. The van der Waals surface area contributed by atoms with E-state index in [1.165, 1.54) is 12.0 Å². The first-order chi connectivity index (χ1) is 7.72. The van der Waals surface area contributed by atoms with Gasteiger partial charge in [0.1, 0.15) is 0 Å². The SMILES string of the molecule is CC(C)N(CCCl)CC1Cc2ccccc21. The van der Waals surface area contributed by atoms with Gasteiger partial charge in [0.05, 0.1) is 0 Å². The van der Waals surface area contributed by atoms with Crippen molar-refractivity contribution in [3.05, 3.63) is 35.4 Å². The smallest absolute Gasteiger partial charge is 0.0351 e. The lowest BCUT2D eigenvalue weighted by atomic mass is 9.77. The molecule has 2 rings (SSSR count). The maximum atomic E-state index is 5.84. The van der Waals surface area contributed by atoms with Crippen molar-refractivity contribution in [3.63, 3.8) is 0 Å². The number of alkyl halides is 1. The zero-order chi connectivity index (χ0) is 11.5. The number of rotatable bonds is 5. The van der Waals surface area contributed by atoms with Crippen molar-refractivity contribution in [3.8, 4) is 0 Å². The minimum Gasteiger partial charge on any atom is -0.299 e. The molecule has 0 radical (unpaired) electrons. The third-order valence-corrected chi connectivity index (χ3v) is 3.69. The monoisotopic (exact) mass is 237 g/mol. The molecule has 88 valence electrons. The van der Waals surface area contributed by atoms with Crippen molar-refractivity contribution in [2.45, 2.75) is 32.2 Å². The molecule has 1 nitrogen and oxygen atoms in total. The van der Waals surface area contributed by atoms with Crippen LogP contribution in [0.1, 0.15) is 30.9 Å². The van der Waals surface area contributed by atoms with Gasteiger partial charge < -0.3 is 0 Å². The van der Waals surface area contributed by atoms with Crippen LogP contribution in [0.5, 0.6) is 0 Å². The third-order valence-electron chi connectivity index (χ3n) is 3.52. The van der Waals surface area contributed by atoms with Crippen LogP contribution in [-0.2, 0) is 6.42 Å². The van der Waals surface area contributed by atoms with Crippen LogP contribution in [0.3, 0.4) is 0 Å². The molecule has 0 bridgehead atoms. The van der Waals surface area contributed by atoms with Crippen molar-refractivity contribution in [2.75, 3.05) is 19.0 Å². The van der Waals surface area contributed by atoms with Gasteiger partial charge in [0.25, 0.3) is 0 Å². The Hall–Kier alpha value is -0.530. The average Bonchev–Trinajstić information content (AvgIpc) is 2.24. The lowest BCUT2D eigenvalue weighted by Crippen LogP contribution is -2.39. The highest BCUT2D eigenvalue weighted by Crippen LogP contribution is 2.35. The fraction of sp³-hybridized carbons (Fsp3) is 0.571. The van der Waals surface area contributed by atoms with E-state index in [0.717, 1.165) is 24.9 Å². The summed E-state index contributed by atoms with van der Waals surface area (Å²) in [4.78, 5) is 2.48. The van der Waals surface area contributed by atoms with E-state index in [0.29, 0.717) is 6.04 Å². The lowest BCUT2D eigenvalue weighted by molar-refractivity contribution is 0.213. The van der Waals surface area contributed by atoms with Gasteiger partial charge in [-0.05, 0) is 31.4 Å². The Kier molecular flexibility index (Phi) is 3.88. The van der Waals surface area contributed by atoms with Crippen LogP contribution in [0, 0.1) is 0 Å². The van der Waals surface area contributed by atoms with E-state index in [9.17, 15) is 0 Å². The van der Waals surface area contributed by atoms with Gasteiger partial charge >= 0.3 is 0 Å². The number of benzene rings is 1. The van der Waals surface area contributed by atoms with E-state index in [2.05, 4.69) is 43.0 Å². The molecule has 0 aliphatic heterocycles. The Morgan fingerprint density at radius 2 is 2.12 bits per heavy atom. The summed E-state index contributed by atoms with van der Waals surface area (Å²) in [7, 11) is 0. The number of nitrogens with zero attached hydrogens (tertiary/aromatic N) is 1. The summed E-state index contributed by atoms with van der Waals surface area (Å²) < 4.78 is 0. The highest BCUT2D eigenvalue weighted by atomic mass is 35.5. The highest BCUT2D eigenvalue weighted by molar-refractivity contribution is 6.18. The summed E-state index contributed by atoms with van der Waals surface area (Å²) >= 11 is 5.84. The molecule has 16 heavy (non-hydrogen) atoms. The Bertz CT molecular complexity index is 348. The number of hydrogen-bond donors (Lipinski definition) is 0. The summed E-state index contributed by atoms with van der Waals surface area (Å²) in [5, 5.41) is 0. The van der Waals surface area contributed by atoms with Crippen molar-refractivity contribution in [2.24, 2.45) is 0 Å². The fourth-order valence-corrected chi connectivity index (χ4v) is 2.69. The van der Waals surface area contributed by atoms with Gasteiger partial charge in [-0.15, -0.1) is 11.6 Å². The first-order valence-electron chi connectivity index (χ1n) is 6.10. The first kappa shape index (κ1) is 11.9. The van der Waals surface area contributed by atoms with Crippen LogP contribution < -0.4 is 0 Å². The largest absolute Gasteiger partial charge is 0.299 e. The fourth-order valence-electron chi connectivity index (χ4n) is 2.48. The summed E-state index contributed by atoms with van der Waals surface area (Å²) in [5.41, 5.74) is 3.07. The van der Waals surface area contributed by atoms with E-state index in [-0.39, 0.29) is 0 Å². The Balaban J connectivity index is 1.97. The molecule has 1 atom stereocenters. The normalized spacial score (nSPS) is 18.7. The molecule has 1 aromatic carbocycles. The molecule has 1 unspecified atom stereocenters. The molecule has 0 aromatic heterocycles. The number of halogens is 1. The molecule has 2 heteroatoms. The Morgan fingerprint density at radius 1 is 1.38 bits per heavy atom. The van der Waals surface area contributed by atoms with Crippen LogP contribution in [0.15, 0.2) is 24.3 Å². The molecular weight excluding hydrogens is 218 g/mol. The second-order valence-electron chi connectivity index (χ2n) is 4.88. The van der Waals surface area contributed by atoms with Gasteiger partial charge in [-0.1, -0.05) is 24.3 Å². The summed E-state index contributed by atoms with van der Waals surface area (Å²) in [5.74, 6) is 1.45. The van der Waals surface area contributed by atoms with Gasteiger partial charge in [-0.25, -0.2) is 0 Å². The van der Waals surface area contributed by atoms with Crippen LogP contribution in [0.4, 0.5) is 0 Å². The van der Waals surface area contributed by atoms with E-state index < -0.39 is 0 Å². The zero-order valence-corrected chi connectivity index (χ0v) is 10.9. The molecule has 0 fully saturated rings. The molecule has 1 aliphatic rings. The number of hydrogen-bond acceptors (Lipinski definition) is 1. The topological polar surface area (TPSA) is 3.24 Å². The Labute approximate surface area is 103 Å². The van der Waals surface area contributed by atoms with Gasteiger partial charge in [0, 0.05) is 30.9 Å². The molecule has 0 heterocycles. The van der Waals surface area contributed by atoms with E-state index in [1.54, 1.807) is 5.56 Å². The molecule has 0 N–H and O–H groups in total. The van der Waals surface area contributed by atoms with Crippen molar-refractivity contribution in [1.82, 2.24) is 4.90 Å². The molecule has 1 aromatic rings. The summed E-state index contributed by atoms with van der Waals surface area (Å²) in [6.07, 6.45) is 1.24. The van der Waals surface area contributed by atoms with Crippen molar-refractivity contribution < 1.29 is 0 Å². The van der Waals surface area contributed by atoms with Gasteiger partial charge in [-0.3, -0.25) is 4.90 Å². The predicted molar refractivity (Wildman–Crippen MR) is 70.3 cm³/mol. The van der Waals surface area contributed by atoms with Crippen LogP contribution >= 0.6 is 11.6 Å². The standard InChI is InChI=1S/C14H20ClN/c1-11(2)16(8-7-15)10-13-9-12-5-3-4-6-14(12)13/h3-6,11,13H,7-10H2,1-2H3. The maximum Gasteiger partial charge on any atom is 0.0351 e. The molecule has 0 amide bonds. The minimum atomic E-state index is 0.589. The van der Waals surface area contributed by atoms with E-state index in [1.807, 2.05) is 0 Å². The van der Waals surface area contributed by atoms with Crippen molar-refractivity contribution in [1.29, 1.82) is 0 Å². The van der Waals surface area contributed by atoms with E-state index >= 15 is 0 Å². The first-order valence-corrected chi connectivity index (χ1v) is 6.63. The van der Waals surface area contributed by atoms with Gasteiger partial charge in [0.2, 0.25) is 0 Å². The molecule has 0 spiro atoms. The lowest BCUT2D eigenvalue weighted by Gasteiger charge is -2.36.